The van der Waals surface area contributed by atoms with E-state index in [-0.39, 0.29) is 17.0 Å². The molecule has 3 heterocycles. The Kier molecular flexibility index (Phi) is 8.90. The highest BCUT2D eigenvalue weighted by Gasteiger charge is 2.43. The molecule has 5 aromatic rings. The maximum atomic E-state index is 16.2. The second-order valence-corrected chi connectivity index (χ2v) is 16.4. The third kappa shape index (κ3) is 6.05. The van der Waals surface area contributed by atoms with E-state index in [0.717, 1.165) is 74.0 Å². The molecule has 9 rings (SSSR count). The molecule has 0 spiro atoms. The van der Waals surface area contributed by atoms with Crippen LogP contribution in [0.4, 0.5) is 10.5 Å². The van der Waals surface area contributed by atoms with Gasteiger partial charge >= 0.3 is 6.03 Å². The highest BCUT2D eigenvalue weighted by molar-refractivity contribution is 7.92. The standard InChI is InChI=1S/C42H44N6O4S/c1-51-35-26-47(27-35)34-25-48-40(52-28-34)38(24-43-48)53(50,45-41(49)44-39-36-21-11-13-29(36)23-30-14-12-22-37(30)39)46-42(31-15-5-2-6-16-31,32-17-7-3-8-18-32)33-19-9-4-10-20-33/h2-10,15-20,23-24,34-35H,11-14,21-22,25-28H2,1H3,(H2,44,45,46,49,50)/t34-,53?/m0/s1. The number of ether oxygens (including phenoxy) is 2. The van der Waals surface area contributed by atoms with E-state index >= 15 is 4.21 Å². The molecule has 0 saturated carbocycles. The number of aromatic nitrogens is 2. The van der Waals surface area contributed by atoms with Gasteiger partial charge in [-0.3, -0.25) is 4.90 Å². The first-order valence-electron chi connectivity index (χ1n) is 18.6. The van der Waals surface area contributed by atoms with E-state index in [1.54, 1.807) is 18.0 Å². The van der Waals surface area contributed by atoms with Gasteiger partial charge in [0.2, 0.25) is 5.88 Å². The Hall–Kier alpha value is -4.81. The second kappa shape index (κ2) is 13.9. The van der Waals surface area contributed by atoms with Crippen LogP contribution in [0.5, 0.6) is 5.88 Å². The molecule has 272 valence electrons. The topological polar surface area (TPSA) is 110 Å². The molecule has 0 bridgehead atoms. The Morgan fingerprint density at radius 2 is 1.42 bits per heavy atom. The number of rotatable bonds is 9. The van der Waals surface area contributed by atoms with Crippen molar-refractivity contribution in [2.75, 3.05) is 32.1 Å². The SMILES string of the molecule is COC1CN([C@@H]2COc3c(S(=O)(=NC(=O)Nc4c5c(cc6c4CCC6)CCC5)NC(c4ccccc4)(c4ccccc4)c4ccccc4)cnn3C2)C1. The van der Waals surface area contributed by atoms with Gasteiger partial charge in [-0.1, -0.05) is 97.1 Å². The quantitative estimate of drug-likeness (QED) is 0.168. The highest BCUT2D eigenvalue weighted by Crippen LogP contribution is 2.42. The van der Waals surface area contributed by atoms with Gasteiger partial charge in [-0.15, -0.1) is 4.36 Å². The van der Waals surface area contributed by atoms with Gasteiger partial charge in [0, 0.05) is 25.9 Å². The summed E-state index contributed by atoms with van der Waals surface area (Å²) in [5.41, 5.74) is 7.13. The summed E-state index contributed by atoms with van der Waals surface area (Å²) >= 11 is 0. The number of benzene rings is 4. The van der Waals surface area contributed by atoms with E-state index in [1.165, 1.54) is 22.3 Å². The van der Waals surface area contributed by atoms with Crippen LogP contribution in [-0.4, -0.2) is 63.9 Å². The summed E-state index contributed by atoms with van der Waals surface area (Å²) in [5, 5.41) is 7.89. The number of aryl methyl sites for hydroxylation is 2. The van der Waals surface area contributed by atoms with Crippen LogP contribution in [0.1, 0.15) is 51.8 Å². The van der Waals surface area contributed by atoms with Crippen molar-refractivity contribution in [1.29, 1.82) is 0 Å². The van der Waals surface area contributed by atoms with E-state index in [9.17, 15) is 4.79 Å². The van der Waals surface area contributed by atoms with Gasteiger partial charge in [0.25, 0.3) is 0 Å². The molecular formula is C42H44N6O4S. The van der Waals surface area contributed by atoms with Crippen molar-refractivity contribution in [2.45, 2.75) is 67.6 Å². The van der Waals surface area contributed by atoms with Crippen LogP contribution in [0.25, 0.3) is 0 Å². The fraction of sp³-hybridized carbons (Fsp3) is 0.333. The predicted molar refractivity (Wildman–Crippen MR) is 205 cm³/mol. The van der Waals surface area contributed by atoms with Gasteiger partial charge in [0.15, 0.2) is 9.92 Å². The first kappa shape index (κ1) is 34.0. The van der Waals surface area contributed by atoms with Gasteiger partial charge < -0.3 is 14.8 Å². The van der Waals surface area contributed by atoms with Gasteiger partial charge in [0.05, 0.1) is 24.9 Å². The number of nitrogens with one attached hydrogen (secondary N) is 2. The largest absolute Gasteiger partial charge is 0.475 e. The Morgan fingerprint density at radius 3 is 1.96 bits per heavy atom. The maximum absolute atomic E-state index is 16.2. The second-order valence-electron chi connectivity index (χ2n) is 14.5. The van der Waals surface area contributed by atoms with Crippen LogP contribution in [0.3, 0.4) is 0 Å². The normalized spacial score (nSPS) is 19.3. The lowest BCUT2D eigenvalue weighted by Gasteiger charge is -2.44. The summed E-state index contributed by atoms with van der Waals surface area (Å²) < 4.78 is 38.1. The third-order valence-electron chi connectivity index (χ3n) is 11.4. The van der Waals surface area contributed by atoms with Crippen LogP contribution in [-0.2, 0) is 52.4 Å². The minimum atomic E-state index is -3.84. The van der Waals surface area contributed by atoms with Crippen molar-refractivity contribution in [3.05, 3.63) is 142 Å². The summed E-state index contributed by atoms with van der Waals surface area (Å²) in [4.78, 5) is 17.0. The molecule has 0 radical (unpaired) electrons. The number of hydrogen-bond acceptors (Lipinski definition) is 6. The summed E-state index contributed by atoms with van der Waals surface area (Å²) in [7, 11) is -2.10. The minimum Gasteiger partial charge on any atom is -0.475 e. The molecule has 10 nitrogen and oxygen atoms in total. The zero-order valence-corrected chi connectivity index (χ0v) is 30.7. The van der Waals surface area contributed by atoms with Crippen molar-refractivity contribution in [2.24, 2.45) is 4.36 Å². The molecular weight excluding hydrogens is 685 g/mol. The van der Waals surface area contributed by atoms with Crippen LogP contribution in [0.15, 0.2) is 113 Å². The number of urea groups is 1. The van der Waals surface area contributed by atoms with E-state index in [0.29, 0.717) is 19.0 Å². The first-order valence-corrected chi connectivity index (χ1v) is 20.1. The van der Waals surface area contributed by atoms with Crippen LogP contribution < -0.4 is 14.8 Å². The van der Waals surface area contributed by atoms with Crippen molar-refractivity contribution >= 4 is 21.6 Å². The molecule has 4 aliphatic rings. The number of methoxy groups -OCH3 is 1. The summed E-state index contributed by atoms with van der Waals surface area (Å²) in [5.74, 6) is 0.351. The summed E-state index contributed by atoms with van der Waals surface area (Å²) in [6.45, 7) is 2.59. The van der Waals surface area contributed by atoms with Gasteiger partial charge in [-0.2, -0.15) is 5.10 Å². The monoisotopic (exact) mass is 728 g/mol. The zero-order chi connectivity index (χ0) is 36.0. The third-order valence-corrected chi connectivity index (χ3v) is 13.3. The predicted octanol–water partition coefficient (Wildman–Crippen LogP) is 6.51. The van der Waals surface area contributed by atoms with Crippen molar-refractivity contribution in [3.63, 3.8) is 0 Å². The number of carbonyl (C=O) groups excluding carboxylic acids is 1. The lowest BCUT2D eigenvalue weighted by molar-refractivity contribution is -0.0687. The number of hydrogen-bond donors (Lipinski definition) is 2. The van der Waals surface area contributed by atoms with Gasteiger partial charge in [0.1, 0.15) is 17.0 Å². The molecule has 2 aliphatic carbocycles. The molecule has 11 heteroatoms. The molecule has 2 amide bonds. The number of carbonyl (C=O) groups is 1. The number of likely N-dealkylation sites (tertiary alicyclic amines) is 1. The van der Waals surface area contributed by atoms with Crippen LogP contribution in [0.2, 0.25) is 0 Å². The fourth-order valence-corrected chi connectivity index (χ4v) is 10.6. The van der Waals surface area contributed by atoms with Crippen LogP contribution in [0, 0.1) is 0 Å². The molecule has 53 heavy (non-hydrogen) atoms. The molecule has 1 saturated heterocycles. The molecule has 1 aromatic heterocycles. The van der Waals surface area contributed by atoms with E-state index < -0.39 is 21.5 Å². The first-order chi connectivity index (χ1) is 25.9. The molecule has 4 aromatic carbocycles. The summed E-state index contributed by atoms with van der Waals surface area (Å²) in [6, 6.07) is 31.5. The van der Waals surface area contributed by atoms with Gasteiger partial charge in [-0.05, 0) is 77.5 Å². The number of anilines is 1. The zero-order valence-electron chi connectivity index (χ0n) is 29.9. The van der Waals surface area contributed by atoms with E-state index in [1.807, 2.05) is 91.0 Å². The van der Waals surface area contributed by atoms with E-state index in [4.69, 9.17) is 14.6 Å². The molecule has 2 atom stereocenters. The Labute approximate surface area is 310 Å². The lowest BCUT2D eigenvalue weighted by Crippen LogP contribution is -2.59. The highest BCUT2D eigenvalue weighted by atomic mass is 32.2. The average molecular weight is 729 g/mol. The van der Waals surface area contributed by atoms with Crippen molar-refractivity contribution in [3.8, 4) is 5.88 Å². The summed E-state index contributed by atoms with van der Waals surface area (Å²) in [6.07, 6.45) is 7.67. The Balaban J connectivity index is 1.20. The van der Waals surface area contributed by atoms with Crippen LogP contribution >= 0.6 is 0 Å². The molecule has 2 aliphatic heterocycles. The molecule has 1 fully saturated rings. The van der Waals surface area contributed by atoms with E-state index in [2.05, 4.69) is 25.4 Å². The molecule has 1 unspecified atom stereocenters. The van der Waals surface area contributed by atoms with Crippen molar-refractivity contribution < 1.29 is 18.5 Å². The smallest absolute Gasteiger partial charge is 0.354 e. The van der Waals surface area contributed by atoms with Gasteiger partial charge in [-0.25, -0.2) is 18.4 Å². The molecule has 2 N–H and O–H groups in total. The number of amides is 2. The average Bonchev–Trinajstić information content (AvgIpc) is 3.95. The fourth-order valence-electron chi connectivity index (χ4n) is 8.68. The Bertz CT molecular complexity index is 2130. The minimum absolute atomic E-state index is 0.0882. The van der Waals surface area contributed by atoms with Crippen molar-refractivity contribution in [1.82, 2.24) is 19.4 Å². The number of fused-ring (bicyclic) bond motifs is 3. The number of nitrogens with zero attached hydrogens (tertiary/aromatic N) is 4. The maximum Gasteiger partial charge on any atom is 0.354 e. The Morgan fingerprint density at radius 1 is 0.849 bits per heavy atom. The lowest BCUT2D eigenvalue weighted by atomic mass is 9.78.